The predicted molar refractivity (Wildman–Crippen MR) is 147 cm³/mol. The lowest BCUT2D eigenvalue weighted by Gasteiger charge is -2.25. The Bertz CT molecular complexity index is 1640. The Kier molecular flexibility index (Phi) is 6.09. The molecule has 1 unspecified atom stereocenters. The second-order valence-corrected chi connectivity index (χ2v) is 11.0. The van der Waals surface area contributed by atoms with E-state index in [1.807, 2.05) is 38.4 Å². The monoisotopic (exact) mass is 524 g/mol. The van der Waals surface area contributed by atoms with E-state index >= 15 is 0 Å². The van der Waals surface area contributed by atoms with Crippen molar-refractivity contribution in [2.45, 2.75) is 65.0 Å². The van der Waals surface area contributed by atoms with Gasteiger partial charge in [-0.25, -0.2) is 9.78 Å². The van der Waals surface area contributed by atoms with E-state index in [0.29, 0.717) is 5.92 Å². The third-order valence-electron chi connectivity index (χ3n) is 8.12. The Labute approximate surface area is 226 Å². The highest BCUT2D eigenvalue weighted by molar-refractivity contribution is 5.96. The van der Waals surface area contributed by atoms with Gasteiger partial charge >= 0.3 is 5.97 Å². The molecular weight excluding hydrogens is 492 g/mol. The minimum atomic E-state index is -1.18. The van der Waals surface area contributed by atoms with Gasteiger partial charge in [-0.05, 0) is 64.7 Å². The Balaban J connectivity index is 1.58. The van der Waals surface area contributed by atoms with Crippen LogP contribution in [0.1, 0.15) is 62.7 Å². The van der Waals surface area contributed by atoms with Gasteiger partial charge in [-0.2, -0.15) is 5.10 Å². The van der Waals surface area contributed by atoms with E-state index in [1.54, 1.807) is 26.2 Å². The Morgan fingerprint density at radius 2 is 1.90 bits per heavy atom. The van der Waals surface area contributed by atoms with Crippen LogP contribution in [0.2, 0.25) is 0 Å². The van der Waals surface area contributed by atoms with Crippen LogP contribution in [0.25, 0.3) is 33.3 Å². The van der Waals surface area contributed by atoms with Gasteiger partial charge in [-0.3, -0.25) is 9.67 Å². The number of hydrogen-bond acceptors (Lipinski definition) is 6. The average molecular weight is 525 g/mol. The molecule has 5 heterocycles. The zero-order valence-electron chi connectivity index (χ0n) is 22.6. The van der Waals surface area contributed by atoms with Crippen molar-refractivity contribution in [2.24, 2.45) is 5.92 Å². The first-order valence-electron chi connectivity index (χ1n) is 13.4. The van der Waals surface area contributed by atoms with Crippen LogP contribution in [-0.4, -0.2) is 40.5 Å². The van der Waals surface area contributed by atoms with Gasteiger partial charge in [0.15, 0.2) is 5.54 Å². The molecule has 200 valence electrons. The molecular formula is C30H32N6O3. The highest BCUT2D eigenvalue weighted by Crippen LogP contribution is 2.42. The maximum absolute atomic E-state index is 11.9. The van der Waals surface area contributed by atoms with E-state index in [4.69, 9.17) is 14.5 Å². The maximum atomic E-state index is 11.9. The number of pyridine rings is 2. The van der Waals surface area contributed by atoms with Crippen molar-refractivity contribution in [3.05, 3.63) is 72.4 Å². The summed E-state index contributed by atoms with van der Waals surface area (Å²) in [6.07, 6.45) is 14.1. The van der Waals surface area contributed by atoms with Gasteiger partial charge in [0.2, 0.25) is 0 Å². The van der Waals surface area contributed by atoms with Gasteiger partial charge in [-0.15, -0.1) is 0 Å². The molecule has 1 saturated carbocycles. The summed E-state index contributed by atoms with van der Waals surface area (Å²) in [6, 6.07) is 8.25. The molecule has 0 bridgehead atoms. The van der Waals surface area contributed by atoms with E-state index in [-0.39, 0.29) is 6.04 Å². The number of carboxylic acids is 1. The molecule has 39 heavy (non-hydrogen) atoms. The Morgan fingerprint density at radius 1 is 1.10 bits per heavy atom. The quantitative estimate of drug-likeness (QED) is 0.271. The molecule has 6 rings (SSSR count). The molecule has 1 aliphatic carbocycles. The summed E-state index contributed by atoms with van der Waals surface area (Å²) >= 11 is 0. The number of hydrogen-bond donors (Lipinski definition) is 1. The Hall–Kier alpha value is -4.27. The van der Waals surface area contributed by atoms with Crippen molar-refractivity contribution >= 4 is 17.0 Å². The van der Waals surface area contributed by atoms with Gasteiger partial charge in [0.25, 0.3) is 0 Å². The van der Waals surface area contributed by atoms with Crippen molar-refractivity contribution in [1.29, 1.82) is 0 Å². The third-order valence-corrected chi connectivity index (χ3v) is 8.12. The summed E-state index contributed by atoms with van der Waals surface area (Å²) in [4.78, 5) is 21.7. The minimum absolute atomic E-state index is 0.0351. The first-order valence-corrected chi connectivity index (χ1v) is 13.4. The van der Waals surface area contributed by atoms with Crippen LogP contribution in [-0.2, 0) is 10.3 Å². The molecule has 1 fully saturated rings. The van der Waals surface area contributed by atoms with Crippen LogP contribution < -0.4 is 0 Å². The van der Waals surface area contributed by atoms with Crippen molar-refractivity contribution in [3.8, 4) is 22.3 Å². The van der Waals surface area contributed by atoms with E-state index in [0.717, 1.165) is 63.3 Å². The summed E-state index contributed by atoms with van der Waals surface area (Å²) in [6.45, 7) is 7.12. The van der Waals surface area contributed by atoms with E-state index in [1.165, 1.54) is 17.5 Å². The van der Waals surface area contributed by atoms with Gasteiger partial charge in [0.05, 0.1) is 23.6 Å². The SMILES string of the molecule is Cc1noc(C)c1-c1cnc2c(c1)c(-c1cnn(C(C)(C)C(=O)O)c1)cn2C(c1ccccn1)C1CCCC1. The highest BCUT2D eigenvalue weighted by atomic mass is 16.5. The normalized spacial score (nSPS) is 15.3. The van der Waals surface area contributed by atoms with Gasteiger partial charge < -0.3 is 14.2 Å². The molecule has 0 aliphatic heterocycles. The maximum Gasteiger partial charge on any atom is 0.331 e. The lowest BCUT2D eigenvalue weighted by molar-refractivity contribution is -0.146. The van der Waals surface area contributed by atoms with E-state index in [2.05, 4.69) is 33.2 Å². The topological polar surface area (TPSA) is 112 Å². The molecule has 1 aliphatic rings. The first-order chi connectivity index (χ1) is 18.8. The number of carbonyl (C=O) groups is 1. The molecule has 9 heteroatoms. The van der Waals surface area contributed by atoms with Crippen molar-refractivity contribution < 1.29 is 14.4 Å². The fraction of sp³-hybridized carbons (Fsp3) is 0.367. The highest BCUT2D eigenvalue weighted by Gasteiger charge is 2.33. The smallest absolute Gasteiger partial charge is 0.331 e. The molecule has 0 amide bonds. The molecule has 1 N–H and O–H groups in total. The largest absolute Gasteiger partial charge is 0.479 e. The average Bonchev–Trinajstić information content (AvgIpc) is 3.73. The predicted octanol–water partition coefficient (Wildman–Crippen LogP) is 6.17. The summed E-state index contributed by atoms with van der Waals surface area (Å²) in [7, 11) is 0. The first kappa shape index (κ1) is 25.0. The van der Waals surface area contributed by atoms with Crippen molar-refractivity contribution in [3.63, 3.8) is 0 Å². The number of fused-ring (bicyclic) bond motifs is 1. The van der Waals surface area contributed by atoms with Crippen LogP contribution in [0.3, 0.4) is 0 Å². The van der Waals surface area contributed by atoms with Gasteiger partial charge in [0.1, 0.15) is 11.4 Å². The molecule has 0 saturated heterocycles. The molecule has 9 nitrogen and oxygen atoms in total. The summed E-state index contributed by atoms with van der Waals surface area (Å²) < 4.78 is 9.22. The zero-order chi connectivity index (χ0) is 27.3. The number of aryl methyl sites for hydroxylation is 2. The van der Waals surface area contributed by atoms with Crippen LogP contribution in [0.4, 0.5) is 0 Å². The number of rotatable bonds is 7. The number of aliphatic carboxylic acids is 1. The lowest BCUT2D eigenvalue weighted by Crippen LogP contribution is -2.35. The standard InChI is InChI=1S/C30H32N6O3/c1-18-26(19(2)39-34-18)21-13-23-24(22-15-33-36(16-22)30(3,4)29(37)38)17-35(28(23)32-14-21)27(20-9-5-6-10-20)25-11-7-8-12-31-25/h7-8,11-17,20,27H,5-6,9-10H2,1-4H3,(H,37,38). The third kappa shape index (κ3) is 4.22. The van der Waals surface area contributed by atoms with Crippen LogP contribution in [0.5, 0.6) is 0 Å². The van der Waals surface area contributed by atoms with Gasteiger partial charge in [0, 0.05) is 52.4 Å². The summed E-state index contributed by atoms with van der Waals surface area (Å²) in [5, 5.41) is 19.3. The number of carboxylic acid groups (broad SMARTS) is 1. The minimum Gasteiger partial charge on any atom is -0.479 e. The van der Waals surface area contributed by atoms with Gasteiger partial charge in [-0.1, -0.05) is 24.1 Å². The van der Waals surface area contributed by atoms with Crippen LogP contribution in [0, 0.1) is 19.8 Å². The molecule has 0 spiro atoms. The van der Waals surface area contributed by atoms with Crippen LogP contribution in [0.15, 0.2) is 59.8 Å². The number of aromatic nitrogens is 6. The second kappa shape index (κ2) is 9.48. The molecule has 5 aromatic heterocycles. The lowest BCUT2D eigenvalue weighted by atomic mass is 9.94. The van der Waals surface area contributed by atoms with Crippen molar-refractivity contribution in [1.82, 2.24) is 29.5 Å². The number of nitrogens with zero attached hydrogens (tertiary/aromatic N) is 6. The summed E-state index contributed by atoms with van der Waals surface area (Å²) in [5.74, 6) is 0.238. The molecule has 5 aromatic rings. The van der Waals surface area contributed by atoms with Crippen LogP contribution >= 0.6 is 0 Å². The van der Waals surface area contributed by atoms with E-state index < -0.39 is 11.5 Å². The fourth-order valence-corrected chi connectivity index (χ4v) is 5.91. The fourth-order valence-electron chi connectivity index (χ4n) is 5.91. The molecule has 0 radical (unpaired) electrons. The summed E-state index contributed by atoms with van der Waals surface area (Å²) in [5.41, 5.74) is 5.13. The van der Waals surface area contributed by atoms with E-state index in [9.17, 15) is 9.90 Å². The zero-order valence-corrected chi connectivity index (χ0v) is 22.6. The molecule has 0 aromatic carbocycles. The molecule has 1 atom stereocenters. The van der Waals surface area contributed by atoms with Crippen molar-refractivity contribution in [2.75, 3.05) is 0 Å². The second-order valence-electron chi connectivity index (χ2n) is 11.0. The Morgan fingerprint density at radius 3 is 2.56 bits per heavy atom.